The molecule has 0 N–H and O–H groups in total. The second-order valence-electron chi connectivity index (χ2n) is 4.98. The zero-order valence-corrected chi connectivity index (χ0v) is 10.8. The van der Waals surface area contributed by atoms with Crippen LogP contribution < -0.4 is 4.90 Å². The number of hydrogen-bond acceptors (Lipinski definition) is 4. The van der Waals surface area contributed by atoms with Crippen LogP contribution in [0.2, 0.25) is 0 Å². The zero-order valence-electron chi connectivity index (χ0n) is 9.95. The fourth-order valence-corrected chi connectivity index (χ4v) is 3.54. The van der Waals surface area contributed by atoms with E-state index in [9.17, 15) is 0 Å². The molecule has 1 atom stereocenters. The minimum atomic E-state index is -0.0181. The van der Waals surface area contributed by atoms with Gasteiger partial charge in [0.05, 0.1) is 17.2 Å². The molecule has 2 saturated heterocycles. The number of rotatable bonds is 2. The zero-order chi connectivity index (χ0) is 11.2. The van der Waals surface area contributed by atoms with Crippen molar-refractivity contribution >= 4 is 16.5 Å². The Morgan fingerprint density at radius 3 is 2.62 bits per heavy atom. The maximum atomic E-state index is 5.52. The first-order valence-electron chi connectivity index (χ1n) is 6.06. The normalized spacial score (nSPS) is 29.5. The van der Waals surface area contributed by atoms with Gasteiger partial charge in [-0.2, -0.15) is 0 Å². The van der Waals surface area contributed by atoms with Gasteiger partial charge in [-0.3, -0.25) is 0 Å². The molecule has 1 aromatic heterocycles. The molecule has 16 heavy (non-hydrogen) atoms. The summed E-state index contributed by atoms with van der Waals surface area (Å²) in [6.45, 7) is 7.46. The molecule has 2 fully saturated rings. The predicted molar refractivity (Wildman–Crippen MR) is 66.2 cm³/mol. The van der Waals surface area contributed by atoms with Gasteiger partial charge in [-0.1, -0.05) is 11.3 Å². The molecule has 0 aliphatic carbocycles. The molecule has 0 bridgehead atoms. The van der Waals surface area contributed by atoms with E-state index in [-0.39, 0.29) is 5.60 Å². The van der Waals surface area contributed by atoms with Crippen molar-refractivity contribution in [2.75, 3.05) is 24.6 Å². The molecule has 3 nitrogen and oxygen atoms in total. The van der Waals surface area contributed by atoms with E-state index < -0.39 is 0 Å². The Morgan fingerprint density at radius 2 is 2.00 bits per heavy atom. The average Bonchev–Trinajstić information content (AvgIpc) is 2.91. The maximum Gasteiger partial charge on any atom is 0.185 e. The van der Waals surface area contributed by atoms with Crippen LogP contribution >= 0.6 is 11.3 Å². The Morgan fingerprint density at radius 1 is 1.31 bits per heavy atom. The lowest BCUT2D eigenvalue weighted by molar-refractivity contribution is 0.332. The number of hydrogen-bond donors (Lipinski definition) is 0. The summed E-state index contributed by atoms with van der Waals surface area (Å²) < 4.78 is 5.52. The van der Waals surface area contributed by atoms with Gasteiger partial charge in [-0.05, 0) is 33.1 Å². The number of ether oxygens (including phenoxy) is 1. The molecule has 1 unspecified atom stereocenters. The first-order valence-corrected chi connectivity index (χ1v) is 6.87. The molecule has 0 radical (unpaired) electrons. The van der Waals surface area contributed by atoms with Crippen molar-refractivity contribution in [2.24, 2.45) is 0 Å². The number of thiazole rings is 1. The number of aromatic nitrogens is 1. The molecular weight excluding hydrogens is 220 g/mol. The van der Waals surface area contributed by atoms with Crippen LogP contribution in [-0.4, -0.2) is 24.7 Å². The van der Waals surface area contributed by atoms with E-state index in [0.717, 1.165) is 12.3 Å². The number of anilines is 1. The summed E-state index contributed by atoms with van der Waals surface area (Å²) in [6.07, 6.45) is 3.98. The number of nitrogens with zero attached hydrogens (tertiary/aromatic N) is 2. The van der Waals surface area contributed by atoms with Crippen molar-refractivity contribution in [3.63, 3.8) is 0 Å². The van der Waals surface area contributed by atoms with E-state index in [4.69, 9.17) is 9.72 Å². The number of aryl methyl sites for hydroxylation is 1. The van der Waals surface area contributed by atoms with E-state index in [1.807, 2.05) is 11.3 Å². The Hall–Kier alpha value is -0.610. The van der Waals surface area contributed by atoms with Gasteiger partial charge in [0.1, 0.15) is 5.60 Å². The molecule has 2 aliphatic rings. The van der Waals surface area contributed by atoms with Gasteiger partial charge in [0.2, 0.25) is 0 Å². The van der Waals surface area contributed by atoms with Crippen LogP contribution in [0.3, 0.4) is 0 Å². The molecule has 1 aromatic rings. The topological polar surface area (TPSA) is 28.7 Å². The molecule has 2 aliphatic heterocycles. The maximum absolute atomic E-state index is 5.52. The van der Waals surface area contributed by atoms with Crippen molar-refractivity contribution in [1.82, 2.24) is 4.98 Å². The summed E-state index contributed by atoms with van der Waals surface area (Å²) >= 11 is 1.83. The lowest BCUT2D eigenvalue weighted by atomic mass is 10.1. The minimum absolute atomic E-state index is 0.0181. The molecule has 3 heterocycles. The number of epoxide rings is 1. The first-order chi connectivity index (χ1) is 7.69. The SMILES string of the molecule is Cc1nc(N2CCCCC2)sc1C1(C)CO1. The van der Waals surface area contributed by atoms with Crippen molar-refractivity contribution < 1.29 is 4.74 Å². The van der Waals surface area contributed by atoms with Crippen LogP contribution in [0.25, 0.3) is 0 Å². The average molecular weight is 238 g/mol. The van der Waals surface area contributed by atoms with Crippen molar-refractivity contribution in [3.05, 3.63) is 10.6 Å². The fraction of sp³-hybridized carbons (Fsp3) is 0.750. The summed E-state index contributed by atoms with van der Waals surface area (Å²) in [5.41, 5.74) is 1.14. The highest BCUT2D eigenvalue weighted by atomic mass is 32.1. The highest BCUT2D eigenvalue weighted by Crippen LogP contribution is 2.44. The summed E-state index contributed by atoms with van der Waals surface area (Å²) in [5, 5.41) is 1.20. The molecule has 4 heteroatoms. The predicted octanol–water partition coefficient (Wildman–Crippen LogP) is 2.69. The Labute approximate surface area is 100 Å². The third-order valence-corrected chi connectivity index (χ3v) is 4.93. The Bertz CT molecular complexity index is 392. The van der Waals surface area contributed by atoms with E-state index in [2.05, 4.69) is 18.7 Å². The molecule has 0 amide bonds. The van der Waals surface area contributed by atoms with Crippen LogP contribution in [0, 0.1) is 6.92 Å². The summed E-state index contributed by atoms with van der Waals surface area (Å²) in [5.74, 6) is 0. The van der Waals surface area contributed by atoms with Crippen LogP contribution in [-0.2, 0) is 10.3 Å². The van der Waals surface area contributed by atoms with Crippen molar-refractivity contribution in [3.8, 4) is 0 Å². The molecule has 88 valence electrons. The largest absolute Gasteiger partial charge is 0.364 e. The van der Waals surface area contributed by atoms with Crippen LogP contribution in [0.1, 0.15) is 36.8 Å². The van der Waals surface area contributed by atoms with Gasteiger partial charge in [0.25, 0.3) is 0 Å². The van der Waals surface area contributed by atoms with Gasteiger partial charge in [-0.25, -0.2) is 4.98 Å². The van der Waals surface area contributed by atoms with Crippen LogP contribution in [0.15, 0.2) is 0 Å². The van der Waals surface area contributed by atoms with Crippen LogP contribution in [0.5, 0.6) is 0 Å². The summed E-state index contributed by atoms with van der Waals surface area (Å²) in [4.78, 5) is 8.46. The summed E-state index contributed by atoms with van der Waals surface area (Å²) in [6, 6.07) is 0. The van der Waals surface area contributed by atoms with E-state index >= 15 is 0 Å². The highest BCUT2D eigenvalue weighted by Gasteiger charge is 2.44. The quantitative estimate of drug-likeness (QED) is 0.742. The van der Waals surface area contributed by atoms with Gasteiger partial charge < -0.3 is 9.64 Å². The Balaban J connectivity index is 1.85. The monoisotopic (exact) mass is 238 g/mol. The Kier molecular flexibility index (Phi) is 2.44. The van der Waals surface area contributed by atoms with E-state index in [1.54, 1.807) is 0 Å². The summed E-state index contributed by atoms with van der Waals surface area (Å²) in [7, 11) is 0. The molecule has 0 saturated carbocycles. The van der Waals surface area contributed by atoms with Crippen LogP contribution in [0.4, 0.5) is 5.13 Å². The van der Waals surface area contributed by atoms with Crippen molar-refractivity contribution in [2.45, 2.75) is 38.7 Å². The van der Waals surface area contributed by atoms with Crippen molar-refractivity contribution in [1.29, 1.82) is 0 Å². The standard InChI is InChI=1S/C12H18N2OS/c1-9-10(12(2)8-15-12)16-11(13-9)14-6-4-3-5-7-14/h3-8H2,1-2H3. The van der Waals surface area contributed by atoms with Gasteiger partial charge in [-0.15, -0.1) is 0 Å². The van der Waals surface area contributed by atoms with Gasteiger partial charge in [0.15, 0.2) is 5.13 Å². The van der Waals surface area contributed by atoms with Gasteiger partial charge >= 0.3 is 0 Å². The van der Waals surface area contributed by atoms with E-state index in [1.165, 1.54) is 42.4 Å². The van der Waals surface area contributed by atoms with E-state index in [0.29, 0.717) is 0 Å². The minimum Gasteiger partial charge on any atom is -0.364 e. The third-order valence-electron chi connectivity index (χ3n) is 3.47. The lowest BCUT2D eigenvalue weighted by Crippen LogP contribution is -2.29. The first kappa shape index (κ1) is 10.5. The highest BCUT2D eigenvalue weighted by molar-refractivity contribution is 7.15. The third kappa shape index (κ3) is 1.74. The second kappa shape index (κ2) is 3.70. The molecule has 0 spiro atoms. The lowest BCUT2D eigenvalue weighted by Gasteiger charge is -2.25. The smallest absolute Gasteiger partial charge is 0.185 e. The number of piperidine rings is 1. The molecule has 3 rings (SSSR count). The molecule has 0 aromatic carbocycles. The van der Waals surface area contributed by atoms with Gasteiger partial charge in [0, 0.05) is 13.1 Å². The fourth-order valence-electron chi connectivity index (χ4n) is 2.33. The second-order valence-corrected chi connectivity index (χ2v) is 5.96. The molecular formula is C12H18N2OS.